The molecule has 1 aromatic rings. The molecule has 2 heterocycles. The van der Waals surface area contributed by atoms with Crippen LogP contribution in [-0.2, 0) is 6.54 Å². The van der Waals surface area contributed by atoms with Crippen molar-refractivity contribution >= 4 is 16.3 Å². The average Bonchev–Trinajstić information content (AvgIpc) is 2.15. The van der Waals surface area contributed by atoms with Gasteiger partial charge >= 0.3 is 0 Å². The third-order valence-corrected chi connectivity index (χ3v) is 1.97. The Kier molecular flexibility index (Phi) is 0.729. The first-order valence-corrected chi connectivity index (χ1v) is 3.28. The van der Waals surface area contributed by atoms with Gasteiger partial charge in [0, 0.05) is 5.56 Å². The lowest BCUT2D eigenvalue weighted by Gasteiger charge is -1.74. The zero-order chi connectivity index (χ0) is 5.40. The van der Waals surface area contributed by atoms with E-state index in [1.165, 1.54) is 5.56 Å². The van der Waals surface area contributed by atoms with Crippen molar-refractivity contribution in [1.82, 2.24) is 0 Å². The predicted octanol–water partition coefficient (Wildman–Crippen LogP) is 2.35. The molecule has 0 atom stereocenters. The Bertz CT molecular complexity index is 226. The number of azo groups is 1. The van der Waals surface area contributed by atoms with Crippen molar-refractivity contribution in [2.45, 2.75) is 6.54 Å². The largest absolute Gasteiger partial charge is 0.183 e. The molecule has 2 nitrogen and oxygen atoms in total. The van der Waals surface area contributed by atoms with Gasteiger partial charge in [0.1, 0.15) is 5.00 Å². The second-order valence-electron chi connectivity index (χ2n) is 1.65. The molecule has 0 aromatic carbocycles. The van der Waals surface area contributed by atoms with Crippen molar-refractivity contribution in [3.8, 4) is 0 Å². The number of fused-ring (bicyclic) bond motifs is 1. The molecule has 0 spiro atoms. The van der Waals surface area contributed by atoms with Gasteiger partial charge in [0.2, 0.25) is 0 Å². The minimum absolute atomic E-state index is 0.791. The zero-order valence-corrected chi connectivity index (χ0v) is 4.98. The van der Waals surface area contributed by atoms with Crippen LogP contribution in [-0.4, -0.2) is 0 Å². The zero-order valence-electron chi connectivity index (χ0n) is 4.16. The summed E-state index contributed by atoms with van der Waals surface area (Å²) in [5.41, 5.74) is 1.27. The standard InChI is InChI=1S/C5H4N2S/c1-2-8-5-4(1)3-6-7-5/h1-2H,3H2. The highest BCUT2D eigenvalue weighted by Crippen LogP contribution is 2.31. The van der Waals surface area contributed by atoms with Gasteiger partial charge in [-0.1, -0.05) is 0 Å². The smallest absolute Gasteiger partial charge is 0.143 e. The molecule has 0 unspecified atom stereocenters. The van der Waals surface area contributed by atoms with Gasteiger partial charge in [-0.2, -0.15) is 5.11 Å². The Morgan fingerprint density at radius 1 is 1.62 bits per heavy atom. The second-order valence-corrected chi connectivity index (χ2v) is 2.55. The molecule has 0 bridgehead atoms. The fourth-order valence-corrected chi connectivity index (χ4v) is 1.46. The van der Waals surface area contributed by atoms with Gasteiger partial charge in [-0.15, -0.1) is 16.5 Å². The van der Waals surface area contributed by atoms with Crippen LogP contribution in [0.2, 0.25) is 0 Å². The molecular weight excluding hydrogens is 120 g/mol. The molecule has 0 radical (unpaired) electrons. The van der Waals surface area contributed by atoms with Crippen molar-refractivity contribution < 1.29 is 0 Å². The molecule has 0 saturated heterocycles. The van der Waals surface area contributed by atoms with Crippen LogP contribution < -0.4 is 0 Å². The van der Waals surface area contributed by atoms with Gasteiger partial charge in [0.25, 0.3) is 0 Å². The summed E-state index contributed by atoms with van der Waals surface area (Å²) in [6, 6.07) is 2.07. The first-order chi connectivity index (χ1) is 3.97. The molecule has 2 rings (SSSR count). The molecule has 1 aliphatic rings. The molecule has 0 N–H and O–H groups in total. The van der Waals surface area contributed by atoms with Crippen LogP contribution in [0.3, 0.4) is 0 Å². The third kappa shape index (κ3) is 0.419. The van der Waals surface area contributed by atoms with E-state index in [4.69, 9.17) is 0 Å². The fraction of sp³-hybridized carbons (Fsp3) is 0.200. The summed E-state index contributed by atoms with van der Waals surface area (Å²) >= 11 is 1.65. The van der Waals surface area contributed by atoms with Gasteiger partial charge in [0.15, 0.2) is 0 Å². The summed E-state index contributed by atoms with van der Waals surface area (Å²) in [6.45, 7) is 0.791. The van der Waals surface area contributed by atoms with Crippen LogP contribution in [0.1, 0.15) is 5.56 Å². The Morgan fingerprint density at radius 3 is 3.50 bits per heavy atom. The number of rotatable bonds is 0. The minimum Gasteiger partial charge on any atom is -0.183 e. The lowest BCUT2D eigenvalue weighted by molar-refractivity contribution is 1.04. The first-order valence-electron chi connectivity index (χ1n) is 2.41. The monoisotopic (exact) mass is 124 g/mol. The third-order valence-electron chi connectivity index (χ3n) is 1.13. The molecule has 0 amide bonds. The summed E-state index contributed by atoms with van der Waals surface area (Å²) in [6.07, 6.45) is 0. The molecule has 8 heavy (non-hydrogen) atoms. The molecule has 0 saturated carbocycles. The lowest BCUT2D eigenvalue weighted by atomic mass is 10.3. The van der Waals surface area contributed by atoms with Crippen molar-refractivity contribution in [1.29, 1.82) is 0 Å². The average molecular weight is 124 g/mol. The molecular formula is C5H4N2S. The maximum atomic E-state index is 3.90. The van der Waals surface area contributed by atoms with Crippen molar-refractivity contribution in [2.24, 2.45) is 10.2 Å². The van der Waals surface area contributed by atoms with E-state index in [2.05, 4.69) is 16.3 Å². The van der Waals surface area contributed by atoms with Gasteiger partial charge in [-0.25, -0.2) is 0 Å². The molecule has 1 aromatic heterocycles. The molecule has 1 aliphatic heterocycles. The fourth-order valence-electron chi connectivity index (χ4n) is 0.711. The van der Waals surface area contributed by atoms with Gasteiger partial charge in [-0.3, -0.25) is 0 Å². The van der Waals surface area contributed by atoms with Crippen LogP contribution in [0.4, 0.5) is 5.00 Å². The van der Waals surface area contributed by atoms with E-state index in [-0.39, 0.29) is 0 Å². The van der Waals surface area contributed by atoms with Crippen LogP contribution >= 0.6 is 11.3 Å². The summed E-state index contributed by atoms with van der Waals surface area (Å²) < 4.78 is 0. The minimum atomic E-state index is 0.791. The lowest BCUT2D eigenvalue weighted by Crippen LogP contribution is -1.63. The summed E-state index contributed by atoms with van der Waals surface area (Å²) in [4.78, 5) is 0. The van der Waals surface area contributed by atoms with Gasteiger partial charge < -0.3 is 0 Å². The van der Waals surface area contributed by atoms with Crippen molar-refractivity contribution in [3.05, 3.63) is 17.0 Å². The Hall–Kier alpha value is -0.700. The van der Waals surface area contributed by atoms with E-state index >= 15 is 0 Å². The highest BCUT2D eigenvalue weighted by atomic mass is 32.1. The number of thiophene rings is 1. The van der Waals surface area contributed by atoms with E-state index in [0.717, 1.165) is 11.5 Å². The topological polar surface area (TPSA) is 24.7 Å². The normalized spacial score (nSPS) is 14.5. The van der Waals surface area contributed by atoms with Crippen molar-refractivity contribution in [3.63, 3.8) is 0 Å². The van der Waals surface area contributed by atoms with E-state index in [1.54, 1.807) is 11.3 Å². The Balaban J connectivity index is 2.67. The maximum absolute atomic E-state index is 3.90. The SMILES string of the molecule is c1cc2c(s1)N=NC2. The molecule has 0 fully saturated rings. The van der Waals surface area contributed by atoms with Crippen LogP contribution in [0.25, 0.3) is 0 Å². The molecule has 0 aliphatic carbocycles. The summed E-state index contributed by atoms with van der Waals surface area (Å²) in [7, 11) is 0. The van der Waals surface area contributed by atoms with E-state index in [9.17, 15) is 0 Å². The van der Waals surface area contributed by atoms with Gasteiger partial charge in [0.05, 0.1) is 6.54 Å². The van der Waals surface area contributed by atoms with E-state index < -0.39 is 0 Å². The summed E-state index contributed by atoms with van der Waals surface area (Å²) in [5.74, 6) is 0. The predicted molar refractivity (Wildman–Crippen MR) is 32.5 cm³/mol. The number of hydrogen-bond acceptors (Lipinski definition) is 3. The van der Waals surface area contributed by atoms with Crippen LogP contribution in [0, 0.1) is 0 Å². The van der Waals surface area contributed by atoms with Gasteiger partial charge in [-0.05, 0) is 11.4 Å². The highest BCUT2D eigenvalue weighted by Gasteiger charge is 2.06. The molecule has 40 valence electrons. The molecule has 3 heteroatoms. The Labute approximate surface area is 50.9 Å². The van der Waals surface area contributed by atoms with Crippen molar-refractivity contribution in [2.75, 3.05) is 0 Å². The maximum Gasteiger partial charge on any atom is 0.143 e. The second kappa shape index (κ2) is 1.39. The summed E-state index contributed by atoms with van der Waals surface area (Å²) in [5, 5.41) is 10.9. The number of nitrogens with zero attached hydrogens (tertiary/aromatic N) is 2. The number of hydrogen-bond donors (Lipinski definition) is 0. The van der Waals surface area contributed by atoms with Crippen LogP contribution in [0.5, 0.6) is 0 Å². The highest BCUT2D eigenvalue weighted by molar-refractivity contribution is 7.14. The quantitative estimate of drug-likeness (QED) is 0.507. The first kappa shape index (κ1) is 4.21. The van der Waals surface area contributed by atoms with E-state index in [0.29, 0.717) is 0 Å². The Morgan fingerprint density at radius 2 is 2.62 bits per heavy atom. The van der Waals surface area contributed by atoms with E-state index in [1.807, 2.05) is 5.38 Å². The van der Waals surface area contributed by atoms with Crippen LogP contribution in [0.15, 0.2) is 21.7 Å².